The van der Waals surface area contributed by atoms with E-state index < -0.39 is 6.03 Å². The summed E-state index contributed by atoms with van der Waals surface area (Å²) in [6.07, 6.45) is 0. The number of nitrogens with one attached hydrogen (secondary N) is 1. The molecule has 0 aliphatic heterocycles. The zero-order valence-corrected chi connectivity index (χ0v) is 13.8. The maximum absolute atomic E-state index is 11.8. The summed E-state index contributed by atoms with van der Waals surface area (Å²) in [6.45, 7) is 4.30. The summed E-state index contributed by atoms with van der Waals surface area (Å²) in [6, 6.07) is 6.46. The van der Waals surface area contributed by atoms with Gasteiger partial charge in [0, 0.05) is 5.75 Å². The Hall–Kier alpha value is -1.89. The van der Waals surface area contributed by atoms with Crippen molar-refractivity contribution in [2.24, 2.45) is 11.7 Å². The Labute approximate surface area is 134 Å². The molecule has 0 bridgehead atoms. The second-order valence-corrected chi connectivity index (χ2v) is 6.16. The summed E-state index contributed by atoms with van der Waals surface area (Å²) >= 11 is 1.44. The van der Waals surface area contributed by atoms with E-state index in [1.807, 2.05) is 38.1 Å². The molecule has 1 rings (SSSR count). The summed E-state index contributed by atoms with van der Waals surface area (Å²) in [7, 11) is 1.61. The van der Waals surface area contributed by atoms with Crippen molar-refractivity contribution < 1.29 is 19.1 Å². The van der Waals surface area contributed by atoms with E-state index in [1.165, 1.54) is 11.8 Å². The number of imide groups is 1. The van der Waals surface area contributed by atoms with Crippen LogP contribution in [-0.4, -0.2) is 36.7 Å². The maximum atomic E-state index is 11.8. The van der Waals surface area contributed by atoms with Gasteiger partial charge in [0.25, 0.3) is 0 Å². The molecule has 22 heavy (non-hydrogen) atoms. The number of amides is 3. The van der Waals surface area contributed by atoms with Crippen molar-refractivity contribution in [1.82, 2.24) is 5.32 Å². The Morgan fingerprint density at radius 3 is 2.32 bits per heavy atom. The largest absolute Gasteiger partial charge is 0.497 e. The number of rotatable bonds is 8. The van der Waals surface area contributed by atoms with Crippen LogP contribution in [0.1, 0.15) is 13.8 Å². The van der Waals surface area contributed by atoms with Crippen molar-refractivity contribution in [3.8, 4) is 11.5 Å². The highest BCUT2D eigenvalue weighted by Crippen LogP contribution is 2.21. The smallest absolute Gasteiger partial charge is 0.318 e. The Morgan fingerprint density at radius 2 is 1.82 bits per heavy atom. The Bertz CT molecular complexity index is 491. The average Bonchev–Trinajstić information content (AvgIpc) is 2.46. The van der Waals surface area contributed by atoms with Crippen molar-refractivity contribution in [3.05, 3.63) is 24.3 Å². The predicted molar refractivity (Wildman–Crippen MR) is 87.3 cm³/mol. The fourth-order valence-corrected chi connectivity index (χ4v) is 2.80. The number of hydrogen-bond acceptors (Lipinski definition) is 5. The highest BCUT2D eigenvalue weighted by molar-refractivity contribution is 8.00. The van der Waals surface area contributed by atoms with E-state index in [-0.39, 0.29) is 17.1 Å². The number of thioether (sulfide) groups is 1. The molecule has 3 amide bonds. The number of primary amides is 1. The van der Waals surface area contributed by atoms with Crippen LogP contribution in [0.5, 0.6) is 11.5 Å². The van der Waals surface area contributed by atoms with Crippen LogP contribution in [0, 0.1) is 5.92 Å². The minimum absolute atomic E-state index is 0.0883. The molecule has 0 fully saturated rings. The van der Waals surface area contributed by atoms with Crippen LogP contribution >= 0.6 is 11.8 Å². The number of benzene rings is 1. The first-order chi connectivity index (χ1) is 10.4. The normalized spacial score (nSPS) is 11.8. The Kier molecular flexibility index (Phi) is 7.59. The number of carbonyl (C=O) groups is 2. The van der Waals surface area contributed by atoms with Gasteiger partial charge in [-0.15, -0.1) is 11.8 Å². The number of nitrogens with two attached hydrogens (primary N) is 1. The lowest BCUT2D eigenvalue weighted by Gasteiger charge is -2.18. The number of hydrogen-bond donors (Lipinski definition) is 2. The molecule has 0 heterocycles. The summed E-state index contributed by atoms with van der Waals surface area (Å²) in [4.78, 5) is 22.6. The van der Waals surface area contributed by atoms with E-state index in [0.29, 0.717) is 12.4 Å². The number of ether oxygens (including phenoxy) is 2. The Morgan fingerprint density at radius 1 is 1.23 bits per heavy atom. The third-order valence-electron chi connectivity index (χ3n) is 2.82. The molecule has 0 saturated heterocycles. The molecule has 1 atom stereocenters. The van der Waals surface area contributed by atoms with Crippen LogP contribution in [0.3, 0.4) is 0 Å². The summed E-state index contributed by atoms with van der Waals surface area (Å²) in [5, 5.41) is 1.78. The number of methoxy groups -OCH3 is 1. The second kappa shape index (κ2) is 9.19. The van der Waals surface area contributed by atoms with Gasteiger partial charge in [0.15, 0.2) is 0 Å². The van der Waals surface area contributed by atoms with Crippen LogP contribution in [-0.2, 0) is 4.79 Å². The summed E-state index contributed by atoms with van der Waals surface area (Å²) in [5.41, 5.74) is 4.97. The molecular formula is C15H22N2O4S. The average molecular weight is 326 g/mol. The molecule has 0 saturated carbocycles. The summed E-state index contributed by atoms with van der Waals surface area (Å²) < 4.78 is 10.7. The van der Waals surface area contributed by atoms with Gasteiger partial charge in [0.1, 0.15) is 11.5 Å². The van der Waals surface area contributed by atoms with Crippen LogP contribution in [0.25, 0.3) is 0 Å². The zero-order chi connectivity index (χ0) is 16.5. The molecule has 0 aromatic heterocycles. The van der Waals surface area contributed by atoms with Gasteiger partial charge >= 0.3 is 6.03 Å². The molecule has 1 aromatic carbocycles. The third-order valence-corrected chi connectivity index (χ3v) is 4.34. The highest BCUT2D eigenvalue weighted by atomic mass is 32.2. The molecule has 7 heteroatoms. The van der Waals surface area contributed by atoms with E-state index in [2.05, 4.69) is 5.32 Å². The van der Waals surface area contributed by atoms with Gasteiger partial charge in [0.2, 0.25) is 5.91 Å². The van der Waals surface area contributed by atoms with E-state index in [0.717, 1.165) is 11.5 Å². The molecular weight excluding hydrogens is 304 g/mol. The van der Waals surface area contributed by atoms with Crippen LogP contribution < -0.4 is 20.5 Å². The van der Waals surface area contributed by atoms with Gasteiger partial charge in [-0.05, 0) is 30.2 Å². The fourth-order valence-electron chi connectivity index (χ4n) is 1.77. The monoisotopic (exact) mass is 326 g/mol. The lowest BCUT2D eigenvalue weighted by molar-refractivity contribution is -0.120. The Balaban J connectivity index is 2.39. The maximum Gasteiger partial charge on any atom is 0.318 e. The number of urea groups is 1. The topological polar surface area (TPSA) is 90.7 Å². The van der Waals surface area contributed by atoms with Gasteiger partial charge in [-0.2, -0.15) is 0 Å². The molecule has 0 aliphatic rings. The van der Waals surface area contributed by atoms with Crippen LogP contribution in [0.2, 0.25) is 0 Å². The van der Waals surface area contributed by atoms with Gasteiger partial charge in [-0.1, -0.05) is 13.8 Å². The second-order valence-electron chi connectivity index (χ2n) is 4.91. The molecule has 0 aliphatic carbocycles. The first-order valence-electron chi connectivity index (χ1n) is 6.92. The SMILES string of the molecule is COc1ccc(OCCSC(C(=O)NC(N)=O)C(C)C)cc1. The van der Waals surface area contributed by atoms with Crippen molar-refractivity contribution in [1.29, 1.82) is 0 Å². The van der Waals surface area contributed by atoms with Gasteiger partial charge in [-0.25, -0.2) is 4.79 Å². The molecule has 1 aromatic rings. The van der Waals surface area contributed by atoms with Gasteiger partial charge < -0.3 is 15.2 Å². The van der Waals surface area contributed by atoms with Gasteiger partial charge in [-0.3, -0.25) is 10.1 Å². The quantitative estimate of drug-likeness (QED) is 0.713. The lowest BCUT2D eigenvalue weighted by Crippen LogP contribution is -2.42. The molecule has 6 nitrogen and oxygen atoms in total. The van der Waals surface area contributed by atoms with Crippen LogP contribution in [0.15, 0.2) is 24.3 Å². The minimum Gasteiger partial charge on any atom is -0.497 e. The molecule has 1 unspecified atom stereocenters. The molecule has 3 N–H and O–H groups in total. The third kappa shape index (κ3) is 6.26. The zero-order valence-electron chi connectivity index (χ0n) is 13.0. The standard InChI is InChI=1S/C15H22N2O4S/c1-10(2)13(14(18)17-15(16)19)22-9-8-21-12-6-4-11(20-3)5-7-12/h4-7,10,13H,8-9H2,1-3H3,(H3,16,17,18,19). The molecule has 122 valence electrons. The van der Waals surface area contributed by atoms with Crippen molar-refractivity contribution in [3.63, 3.8) is 0 Å². The first kappa shape index (κ1) is 18.2. The van der Waals surface area contributed by atoms with E-state index in [9.17, 15) is 9.59 Å². The van der Waals surface area contributed by atoms with E-state index in [4.69, 9.17) is 15.2 Å². The molecule has 0 radical (unpaired) electrons. The predicted octanol–water partition coefficient (Wildman–Crippen LogP) is 2.03. The molecule has 0 spiro atoms. The van der Waals surface area contributed by atoms with Gasteiger partial charge in [0.05, 0.1) is 19.0 Å². The van der Waals surface area contributed by atoms with Crippen molar-refractivity contribution in [2.45, 2.75) is 19.1 Å². The fraction of sp³-hybridized carbons (Fsp3) is 0.467. The minimum atomic E-state index is -0.828. The van der Waals surface area contributed by atoms with Crippen molar-refractivity contribution in [2.75, 3.05) is 19.5 Å². The summed E-state index contributed by atoms with van der Waals surface area (Å²) in [5.74, 6) is 1.86. The van der Waals surface area contributed by atoms with E-state index >= 15 is 0 Å². The van der Waals surface area contributed by atoms with E-state index in [1.54, 1.807) is 7.11 Å². The highest BCUT2D eigenvalue weighted by Gasteiger charge is 2.23. The van der Waals surface area contributed by atoms with Crippen molar-refractivity contribution >= 4 is 23.7 Å². The lowest BCUT2D eigenvalue weighted by atomic mass is 10.1. The number of carbonyl (C=O) groups excluding carboxylic acids is 2. The first-order valence-corrected chi connectivity index (χ1v) is 7.97. The van der Waals surface area contributed by atoms with Crippen LogP contribution in [0.4, 0.5) is 4.79 Å².